The number of aliphatic imine (C=N–C) groups is 1. The Labute approximate surface area is 160 Å². The van der Waals surface area contributed by atoms with E-state index in [1.807, 2.05) is 31.2 Å². The van der Waals surface area contributed by atoms with Crippen LogP contribution in [0.1, 0.15) is 12.5 Å². The molecule has 1 aromatic carbocycles. The lowest BCUT2D eigenvalue weighted by Gasteiger charge is -2.12. The number of aromatic nitrogens is 1. The van der Waals surface area contributed by atoms with E-state index in [-0.39, 0.29) is 11.4 Å². The molecule has 0 atom stereocenters. The van der Waals surface area contributed by atoms with Crippen molar-refractivity contribution in [3.63, 3.8) is 0 Å². The average Bonchev–Trinajstić information content (AvgIpc) is 2.70. The van der Waals surface area contributed by atoms with Gasteiger partial charge in [0.2, 0.25) is 10.0 Å². The Morgan fingerprint density at radius 2 is 2.04 bits per heavy atom. The van der Waals surface area contributed by atoms with E-state index in [2.05, 4.69) is 25.3 Å². The zero-order chi connectivity index (χ0) is 19.5. The second-order valence-corrected chi connectivity index (χ2v) is 7.33. The molecule has 0 radical (unpaired) electrons. The van der Waals surface area contributed by atoms with E-state index < -0.39 is 10.0 Å². The number of ether oxygens (including phenoxy) is 1. The highest BCUT2D eigenvalue weighted by atomic mass is 32.2. The van der Waals surface area contributed by atoms with Crippen molar-refractivity contribution in [2.75, 3.05) is 26.7 Å². The Bertz CT molecular complexity index is 841. The molecule has 2 aromatic rings. The Balaban J connectivity index is 1.86. The Morgan fingerprint density at radius 3 is 2.74 bits per heavy atom. The van der Waals surface area contributed by atoms with E-state index in [1.165, 1.54) is 18.5 Å². The molecule has 0 aliphatic carbocycles. The molecule has 27 heavy (non-hydrogen) atoms. The highest BCUT2D eigenvalue weighted by molar-refractivity contribution is 7.89. The fourth-order valence-electron chi connectivity index (χ4n) is 2.24. The van der Waals surface area contributed by atoms with Crippen LogP contribution in [0.15, 0.2) is 58.7 Å². The fraction of sp³-hybridized carbons (Fsp3) is 0.333. The summed E-state index contributed by atoms with van der Waals surface area (Å²) < 4.78 is 32.0. The monoisotopic (exact) mass is 391 g/mol. The van der Waals surface area contributed by atoms with E-state index >= 15 is 0 Å². The van der Waals surface area contributed by atoms with Crippen molar-refractivity contribution in [3.05, 3.63) is 54.4 Å². The number of methoxy groups -OCH3 is 1. The lowest BCUT2D eigenvalue weighted by molar-refractivity contribution is 0.414. The van der Waals surface area contributed by atoms with Crippen molar-refractivity contribution in [1.82, 2.24) is 20.3 Å². The van der Waals surface area contributed by atoms with Crippen LogP contribution in [0, 0.1) is 0 Å². The SMILES string of the molecule is CCNC(=NCc1cccc(OC)c1)NCCNS(=O)(=O)c1cccnc1. The van der Waals surface area contributed by atoms with E-state index in [0.29, 0.717) is 25.6 Å². The van der Waals surface area contributed by atoms with Crippen LogP contribution in [0.4, 0.5) is 0 Å². The number of hydrogen-bond acceptors (Lipinski definition) is 5. The molecule has 0 amide bonds. The third kappa shape index (κ3) is 6.87. The third-order valence-corrected chi connectivity index (χ3v) is 5.00. The van der Waals surface area contributed by atoms with Crippen LogP contribution in [0.5, 0.6) is 5.75 Å². The van der Waals surface area contributed by atoms with Crippen molar-refractivity contribution < 1.29 is 13.2 Å². The number of sulfonamides is 1. The van der Waals surface area contributed by atoms with Crippen LogP contribution in [-0.4, -0.2) is 46.1 Å². The molecule has 3 N–H and O–H groups in total. The van der Waals surface area contributed by atoms with Crippen LogP contribution < -0.4 is 20.1 Å². The van der Waals surface area contributed by atoms with Gasteiger partial charge in [0.05, 0.1) is 13.7 Å². The minimum absolute atomic E-state index is 0.142. The molecule has 146 valence electrons. The summed E-state index contributed by atoms with van der Waals surface area (Å²) in [7, 11) is -1.93. The first kappa shape index (κ1) is 20.7. The summed E-state index contributed by atoms with van der Waals surface area (Å²) in [5.41, 5.74) is 1.02. The summed E-state index contributed by atoms with van der Waals surface area (Å²) in [6.45, 7) is 3.76. The standard InChI is InChI=1S/C18H25N5O3S/c1-3-20-18(22-13-15-6-4-7-16(12-15)26-2)21-10-11-23-27(24,25)17-8-5-9-19-14-17/h4-9,12,14,23H,3,10-11,13H2,1-2H3,(H2,20,21,22). The van der Waals surface area contributed by atoms with Gasteiger partial charge in [-0.1, -0.05) is 12.1 Å². The highest BCUT2D eigenvalue weighted by Gasteiger charge is 2.12. The fourth-order valence-corrected chi connectivity index (χ4v) is 3.23. The minimum Gasteiger partial charge on any atom is -0.497 e. The van der Waals surface area contributed by atoms with E-state index in [9.17, 15) is 8.42 Å². The number of benzene rings is 1. The van der Waals surface area contributed by atoms with Crippen LogP contribution in [0.2, 0.25) is 0 Å². The first-order chi connectivity index (χ1) is 13.0. The number of pyridine rings is 1. The number of nitrogens with one attached hydrogen (secondary N) is 3. The summed E-state index contributed by atoms with van der Waals surface area (Å²) in [6, 6.07) is 10.8. The molecule has 1 aromatic heterocycles. The summed E-state index contributed by atoms with van der Waals surface area (Å²) in [5, 5.41) is 6.24. The molecule has 2 rings (SSSR count). The zero-order valence-corrected chi connectivity index (χ0v) is 16.3. The van der Waals surface area contributed by atoms with E-state index in [1.54, 1.807) is 13.2 Å². The van der Waals surface area contributed by atoms with Crippen LogP contribution in [-0.2, 0) is 16.6 Å². The predicted octanol–water partition coefficient (Wildman–Crippen LogP) is 1.12. The van der Waals surface area contributed by atoms with E-state index in [4.69, 9.17) is 4.74 Å². The number of rotatable bonds is 9. The van der Waals surface area contributed by atoms with Crippen LogP contribution in [0.25, 0.3) is 0 Å². The van der Waals surface area contributed by atoms with Crippen molar-refractivity contribution in [2.45, 2.75) is 18.4 Å². The normalized spacial score (nSPS) is 11.9. The van der Waals surface area contributed by atoms with Gasteiger partial charge in [-0.15, -0.1) is 0 Å². The summed E-state index contributed by atoms with van der Waals surface area (Å²) in [6.07, 6.45) is 2.84. The first-order valence-electron chi connectivity index (χ1n) is 8.60. The Kier molecular flexibility index (Phi) is 8.02. The first-order valence-corrected chi connectivity index (χ1v) is 10.1. The molecular formula is C18H25N5O3S. The maximum absolute atomic E-state index is 12.1. The highest BCUT2D eigenvalue weighted by Crippen LogP contribution is 2.13. The van der Waals surface area contributed by atoms with Crippen LogP contribution in [0.3, 0.4) is 0 Å². The van der Waals surface area contributed by atoms with Crippen molar-refractivity contribution in [2.24, 2.45) is 4.99 Å². The quantitative estimate of drug-likeness (QED) is 0.336. The zero-order valence-electron chi connectivity index (χ0n) is 15.5. The number of guanidine groups is 1. The minimum atomic E-state index is -3.56. The summed E-state index contributed by atoms with van der Waals surface area (Å²) in [5.74, 6) is 1.39. The van der Waals surface area contributed by atoms with Gasteiger partial charge in [-0.2, -0.15) is 0 Å². The molecule has 9 heteroatoms. The third-order valence-electron chi connectivity index (χ3n) is 3.55. The van der Waals surface area contributed by atoms with E-state index in [0.717, 1.165) is 11.3 Å². The topological polar surface area (TPSA) is 105 Å². The molecule has 0 unspecified atom stereocenters. The van der Waals surface area contributed by atoms with Crippen LogP contribution >= 0.6 is 0 Å². The van der Waals surface area contributed by atoms with Gasteiger partial charge in [-0.25, -0.2) is 18.1 Å². The lowest BCUT2D eigenvalue weighted by Crippen LogP contribution is -2.41. The molecule has 0 bridgehead atoms. The van der Waals surface area contributed by atoms with Gasteiger partial charge in [0.25, 0.3) is 0 Å². The molecule has 8 nitrogen and oxygen atoms in total. The molecule has 0 aliphatic rings. The van der Waals surface area contributed by atoms with Gasteiger partial charge in [-0.3, -0.25) is 4.98 Å². The maximum Gasteiger partial charge on any atom is 0.242 e. The Hall–Kier alpha value is -2.65. The average molecular weight is 391 g/mol. The molecule has 0 spiro atoms. The largest absolute Gasteiger partial charge is 0.497 e. The van der Waals surface area contributed by atoms with Gasteiger partial charge in [0.15, 0.2) is 5.96 Å². The van der Waals surface area contributed by atoms with Gasteiger partial charge < -0.3 is 15.4 Å². The second kappa shape index (κ2) is 10.5. The van der Waals surface area contributed by atoms with Crippen molar-refractivity contribution >= 4 is 16.0 Å². The van der Waals surface area contributed by atoms with Crippen molar-refractivity contribution in [1.29, 1.82) is 0 Å². The van der Waals surface area contributed by atoms with Crippen molar-refractivity contribution in [3.8, 4) is 5.75 Å². The molecular weight excluding hydrogens is 366 g/mol. The molecule has 1 heterocycles. The number of hydrogen-bond donors (Lipinski definition) is 3. The van der Waals surface area contributed by atoms with Gasteiger partial charge in [0, 0.05) is 32.0 Å². The smallest absolute Gasteiger partial charge is 0.242 e. The molecule has 0 fully saturated rings. The summed E-state index contributed by atoms with van der Waals surface area (Å²) in [4.78, 5) is 8.47. The number of nitrogens with zero attached hydrogens (tertiary/aromatic N) is 2. The molecule has 0 saturated carbocycles. The lowest BCUT2D eigenvalue weighted by atomic mass is 10.2. The molecule has 0 saturated heterocycles. The van der Waals surface area contributed by atoms with Gasteiger partial charge in [0.1, 0.15) is 10.6 Å². The van der Waals surface area contributed by atoms with Gasteiger partial charge >= 0.3 is 0 Å². The Morgan fingerprint density at radius 1 is 1.19 bits per heavy atom. The summed E-state index contributed by atoms with van der Waals surface area (Å²) >= 11 is 0. The predicted molar refractivity (Wildman–Crippen MR) is 105 cm³/mol. The maximum atomic E-state index is 12.1. The second-order valence-electron chi connectivity index (χ2n) is 5.56. The molecule has 0 aliphatic heterocycles. The van der Waals surface area contributed by atoms with Gasteiger partial charge in [-0.05, 0) is 36.8 Å².